The molecule has 2 aromatic heterocycles. The summed E-state index contributed by atoms with van der Waals surface area (Å²) in [5.41, 5.74) is -0.858. The molecule has 5 aliphatic rings. The van der Waals surface area contributed by atoms with Gasteiger partial charge in [0.05, 0.1) is 35.9 Å². The number of rotatable bonds is 3. The Morgan fingerprint density at radius 3 is 2.92 bits per heavy atom. The molecule has 2 N–H and O–H groups in total. The molecule has 3 saturated heterocycles. The van der Waals surface area contributed by atoms with Crippen LogP contribution in [0.4, 0.5) is 28.2 Å². The highest BCUT2D eigenvalue weighted by Gasteiger charge is 2.47. The van der Waals surface area contributed by atoms with Gasteiger partial charge in [-0.2, -0.15) is 9.97 Å². The summed E-state index contributed by atoms with van der Waals surface area (Å²) in [7, 11) is 0. The van der Waals surface area contributed by atoms with Crippen molar-refractivity contribution in [3.8, 4) is 23.0 Å². The van der Waals surface area contributed by atoms with E-state index in [0.29, 0.717) is 35.6 Å². The number of ether oxygens (including phenoxy) is 2. The van der Waals surface area contributed by atoms with Gasteiger partial charge < -0.3 is 24.8 Å². The number of nitrogens with zero attached hydrogens (tertiary/aromatic N) is 5. The Morgan fingerprint density at radius 1 is 1.22 bits per heavy atom. The maximum atomic E-state index is 17.0. The SMILES string of the molecule is C[C@@]12C[C@@H](F)CN(C1)c1nc(OC[C@@]34CCCN3C/C(=C\F)C4)nc3c(F)c(ncc13)-c1cc(O)cc3ccc(F)c(c13)CCCOC(=O)N2. The first-order valence-electron chi connectivity index (χ1n) is 16.9. The highest BCUT2D eigenvalue weighted by Crippen LogP contribution is 2.43. The number of aromatic nitrogens is 3. The normalized spacial score (nSPS) is 26.4. The first-order valence-corrected chi connectivity index (χ1v) is 16.9. The fraction of sp³-hybridized carbons (Fsp3) is 0.444. The van der Waals surface area contributed by atoms with Crippen molar-refractivity contribution in [2.75, 3.05) is 44.3 Å². The highest BCUT2D eigenvalue weighted by atomic mass is 19.1. The zero-order chi connectivity index (χ0) is 34.8. The summed E-state index contributed by atoms with van der Waals surface area (Å²) in [6.45, 7) is 3.03. The number of fused-ring (bicyclic) bond motifs is 7. The number of aromatic hydroxyl groups is 1. The molecule has 3 atom stereocenters. The molecule has 6 bridgehead atoms. The number of piperidine rings is 1. The van der Waals surface area contributed by atoms with Crippen LogP contribution in [0.15, 0.2) is 42.4 Å². The van der Waals surface area contributed by atoms with Crippen LogP contribution in [0.3, 0.4) is 0 Å². The van der Waals surface area contributed by atoms with Crippen LogP contribution in [0.2, 0.25) is 0 Å². The monoisotopic (exact) mass is 692 g/mol. The minimum Gasteiger partial charge on any atom is -0.508 e. The van der Waals surface area contributed by atoms with Gasteiger partial charge in [0.25, 0.3) is 0 Å². The molecule has 0 unspecified atom stereocenters. The third kappa shape index (κ3) is 5.62. The number of aryl methyl sites for hydroxylation is 1. The predicted octanol–water partition coefficient (Wildman–Crippen LogP) is 6.28. The van der Waals surface area contributed by atoms with E-state index < -0.39 is 35.0 Å². The largest absolute Gasteiger partial charge is 0.508 e. The minimum atomic E-state index is -1.39. The van der Waals surface area contributed by atoms with Crippen molar-refractivity contribution < 1.29 is 36.9 Å². The highest BCUT2D eigenvalue weighted by molar-refractivity contribution is 6.01. The summed E-state index contributed by atoms with van der Waals surface area (Å²) in [5, 5.41) is 14.5. The third-order valence-corrected chi connectivity index (χ3v) is 10.5. The Labute approximate surface area is 285 Å². The van der Waals surface area contributed by atoms with Crippen molar-refractivity contribution in [3.63, 3.8) is 0 Å². The summed E-state index contributed by atoms with van der Waals surface area (Å²) >= 11 is 0. The van der Waals surface area contributed by atoms with Crippen LogP contribution in [0, 0.1) is 11.6 Å². The number of phenols is 1. The summed E-state index contributed by atoms with van der Waals surface area (Å²) in [6, 6.07) is 5.39. The molecule has 0 aliphatic carbocycles. The van der Waals surface area contributed by atoms with Gasteiger partial charge in [-0.1, -0.05) is 6.07 Å². The second-order valence-corrected chi connectivity index (χ2v) is 14.2. The lowest BCUT2D eigenvalue weighted by Gasteiger charge is -2.42. The van der Waals surface area contributed by atoms with Crippen LogP contribution in [0.5, 0.6) is 11.8 Å². The molecular weight excluding hydrogens is 656 g/mol. The Kier molecular flexibility index (Phi) is 7.96. The first kappa shape index (κ1) is 32.5. The molecule has 4 aromatic rings. The molecule has 1 amide bonds. The minimum absolute atomic E-state index is 0.00345. The molecule has 5 aliphatic heterocycles. The number of alkyl halides is 1. The number of carbonyl (C=O) groups is 1. The van der Waals surface area contributed by atoms with Crippen LogP contribution < -0.4 is 15.0 Å². The van der Waals surface area contributed by atoms with Crippen LogP contribution in [0.1, 0.15) is 44.6 Å². The summed E-state index contributed by atoms with van der Waals surface area (Å²) in [5.74, 6) is -1.43. The van der Waals surface area contributed by atoms with Gasteiger partial charge in [-0.05, 0) is 85.7 Å². The Hall–Kier alpha value is -4.72. The fourth-order valence-electron chi connectivity index (χ4n) is 8.39. The van der Waals surface area contributed by atoms with Gasteiger partial charge in [0.1, 0.15) is 41.4 Å². The molecule has 10 nitrogen and oxygen atoms in total. The summed E-state index contributed by atoms with van der Waals surface area (Å²) in [4.78, 5) is 30.4. The number of amides is 1. The van der Waals surface area contributed by atoms with Crippen LogP contribution in [0.25, 0.3) is 32.9 Å². The number of pyridine rings is 1. The van der Waals surface area contributed by atoms with E-state index in [-0.39, 0.29) is 90.9 Å². The third-order valence-electron chi connectivity index (χ3n) is 10.5. The quantitative estimate of drug-likeness (QED) is 0.240. The average Bonchev–Trinajstić information content (AvgIpc) is 3.63. The van der Waals surface area contributed by atoms with Crippen molar-refractivity contribution in [2.24, 2.45) is 0 Å². The van der Waals surface area contributed by atoms with Crippen LogP contribution in [-0.2, 0) is 11.2 Å². The zero-order valence-corrected chi connectivity index (χ0v) is 27.4. The molecule has 0 radical (unpaired) electrons. The lowest BCUT2D eigenvalue weighted by Crippen LogP contribution is -2.60. The molecule has 0 saturated carbocycles. The molecular formula is C36H36F4N6O4. The van der Waals surface area contributed by atoms with Gasteiger partial charge >= 0.3 is 12.1 Å². The van der Waals surface area contributed by atoms with Crippen LogP contribution >= 0.6 is 0 Å². The van der Waals surface area contributed by atoms with E-state index in [4.69, 9.17) is 9.47 Å². The number of carbonyl (C=O) groups excluding carboxylic acids is 1. The second kappa shape index (κ2) is 12.3. The van der Waals surface area contributed by atoms with E-state index in [1.807, 2.05) is 0 Å². The molecule has 3 fully saturated rings. The molecule has 2 aromatic carbocycles. The van der Waals surface area contributed by atoms with Gasteiger partial charge in [-0.3, -0.25) is 9.88 Å². The summed E-state index contributed by atoms with van der Waals surface area (Å²) < 4.78 is 73.3. The molecule has 0 spiro atoms. The maximum Gasteiger partial charge on any atom is 0.407 e. The topological polar surface area (TPSA) is 113 Å². The molecule has 262 valence electrons. The number of benzene rings is 2. The van der Waals surface area contributed by atoms with Gasteiger partial charge in [0.15, 0.2) is 5.82 Å². The average molecular weight is 693 g/mol. The van der Waals surface area contributed by atoms with Gasteiger partial charge in [-0.15, -0.1) is 0 Å². The lowest BCUT2D eigenvalue weighted by molar-refractivity contribution is 0.107. The number of hydrogen-bond acceptors (Lipinski definition) is 9. The Balaban J connectivity index is 1.32. The smallest absolute Gasteiger partial charge is 0.407 e. The number of hydrogen-bond donors (Lipinski definition) is 2. The molecule has 50 heavy (non-hydrogen) atoms. The Bertz CT molecular complexity index is 2060. The number of anilines is 1. The van der Waals surface area contributed by atoms with E-state index in [0.717, 1.165) is 19.4 Å². The molecule has 14 heteroatoms. The van der Waals surface area contributed by atoms with E-state index >= 15 is 13.2 Å². The number of phenolic OH excluding ortho intramolecular Hbond substituents is 1. The van der Waals surface area contributed by atoms with Crippen molar-refractivity contribution in [2.45, 2.75) is 62.7 Å². The van der Waals surface area contributed by atoms with Crippen molar-refractivity contribution in [1.82, 2.24) is 25.2 Å². The number of nitrogens with one attached hydrogen (secondary N) is 1. The second-order valence-electron chi connectivity index (χ2n) is 14.2. The standard InChI is InChI=1S/C36H36F4N6O4/c1-35-13-22(38)17-45(18-35)32-26-15-41-30(25-11-23(47)10-21-5-6-27(39)24(28(21)25)4-2-9-49-34(48)44-35)29(40)31(26)42-33(43-32)50-19-36-7-3-8-46(36)16-20(12-36)14-37/h5-6,10-11,14-15,22,47H,2-4,7-9,12-13,16-19H2,1H3,(H,44,48)/b20-14-/t22-,35-,36+/m1/s1. The maximum absolute atomic E-state index is 17.0. The van der Waals surface area contributed by atoms with Crippen molar-refractivity contribution >= 4 is 33.6 Å². The van der Waals surface area contributed by atoms with Crippen LogP contribution in [-0.4, -0.2) is 87.7 Å². The van der Waals surface area contributed by atoms with Gasteiger partial charge in [0.2, 0.25) is 0 Å². The number of halogens is 4. The number of alkyl carbamates (subject to hydrolysis) is 1. The first-order chi connectivity index (χ1) is 24.0. The van der Waals surface area contributed by atoms with Gasteiger partial charge in [0, 0.05) is 31.3 Å². The predicted molar refractivity (Wildman–Crippen MR) is 178 cm³/mol. The van der Waals surface area contributed by atoms with E-state index in [9.17, 15) is 14.3 Å². The lowest BCUT2D eigenvalue weighted by atomic mass is 9.90. The van der Waals surface area contributed by atoms with E-state index in [2.05, 4.69) is 25.2 Å². The molecule has 7 heterocycles. The summed E-state index contributed by atoms with van der Waals surface area (Å²) in [6.07, 6.45) is 2.41. The fourth-order valence-corrected chi connectivity index (χ4v) is 8.39. The molecule has 9 rings (SSSR count). The zero-order valence-electron chi connectivity index (χ0n) is 27.4. The van der Waals surface area contributed by atoms with E-state index in [1.54, 1.807) is 11.8 Å². The van der Waals surface area contributed by atoms with Crippen molar-refractivity contribution in [1.29, 1.82) is 0 Å². The van der Waals surface area contributed by atoms with Gasteiger partial charge in [-0.25, -0.2) is 22.4 Å². The van der Waals surface area contributed by atoms with Crippen molar-refractivity contribution in [3.05, 3.63) is 59.6 Å². The van der Waals surface area contributed by atoms with E-state index in [1.165, 1.54) is 30.5 Å². The Morgan fingerprint density at radius 2 is 2.08 bits per heavy atom.